The maximum atomic E-state index is 12.9. The van der Waals surface area contributed by atoms with Crippen LogP contribution >= 0.6 is 0 Å². The van der Waals surface area contributed by atoms with Gasteiger partial charge in [0.25, 0.3) is 0 Å². The van der Waals surface area contributed by atoms with Crippen LogP contribution in [0.15, 0.2) is 12.2 Å². The first-order valence-corrected chi connectivity index (χ1v) is 30.2. The van der Waals surface area contributed by atoms with Crippen LogP contribution in [0.1, 0.15) is 342 Å². The predicted octanol–water partition coefficient (Wildman–Crippen LogP) is 20.1. The van der Waals surface area contributed by atoms with E-state index in [0.717, 1.165) is 64.2 Å². The average Bonchev–Trinajstić information content (AvgIpc) is 3.33. The minimum Gasteiger partial charge on any atom is -0.462 e. The van der Waals surface area contributed by atoms with Crippen molar-refractivity contribution >= 4 is 17.9 Å². The van der Waals surface area contributed by atoms with Crippen LogP contribution in [0, 0.1) is 0 Å². The Balaban J connectivity index is 4.23. The van der Waals surface area contributed by atoms with E-state index < -0.39 is 6.10 Å². The number of hydrogen-bond donors (Lipinski definition) is 0. The molecule has 67 heavy (non-hydrogen) atoms. The molecule has 0 heterocycles. The lowest BCUT2D eigenvalue weighted by Crippen LogP contribution is -2.30. The number of unbranched alkanes of at least 4 members (excludes halogenated alkanes) is 43. The van der Waals surface area contributed by atoms with Gasteiger partial charge in [-0.15, -0.1) is 0 Å². The zero-order valence-electron chi connectivity index (χ0n) is 45.5. The fourth-order valence-electron chi connectivity index (χ4n) is 9.19. The van der Waals surface area contributed by atoms with Crippen molar-refractivity contribution in [1.29, 1.82) is 0 Å². The zero-order valence-corrected chi connectivity index (χ0v) is 45.5. The van der Waals surface area contributed by atoms with E-state index in [1.54, 1.807) is 0 Å². The summed E-state index contributed by atoms with van der Waals surface area (Å²) in [6.07, 6.45) is 65.0. The van der Waals surface area contributed by atoms with Gasteiger partial charge in [0.05, 0.1) is 0 Å². The van der Waals surface area contributed by atoms with Gasteiger partial charge in [-0.05, 0) is 38.5 Å². The molecule has 0 aliphatic carbocycles. The lowest BCUT2D eigenvalue weighted by molar-refractivity contribution is -0.167. The number of ether oxygens (including phenoxy) is 3. The number of esters is 3. The quantitative estimate of drug-likeness (QED) is 0.0262. The highest BCUT2D eigenvalue weighted by atomic mass is 16.6. The molecular weight excluding hydrogens is 829 g/mol. The van der Waals surface area contributed by atoms with Gasteiger partial charge < -0.3 is 14.2 Å². The molecule has 0 rings (SSSR count). The minimum absolute atomic E-state index is 0.0664. The predicted molar refractivity (Wildman–Crippen MR) is 289 cm³/mol. The lowest BCUT2D eigenvalue weighted by atomic mass is 10.0. The number of carbonyl (C=O) groups excluding carboxylic acids is 3. The van der Waals surface area contributed by atoms with Crippen molar-refractivity contribution < 1.29 is 28.6 Å². The summed E-state index contributed by atoms with van der Waals surface area (Å²) in [7, 11) is 0. The molecule has 1 atom stereocenters. The summed E-state index contributed by atoms with van der Waals surface area (Å²) in [6, 6.07) is 0. The van der Waals surface area contributed by atoms with E-state index in [9.17, 15) is 14.4 Å². The van der Waals surface area contributed by atoms with Crippen molar-refractivity contribution in [1.82, 2.24) is 0 Å². The van der Waals surface area contributed by atoms with Gasteiger partial charge in [0, 0.05) is 19.3 Å². The van der Waals surface area contributed by atoms with E-state index in [1.807, 2.05) is 0 Å². The molecule has 0 aromatic heterocycles. The first-order chi connectivity index (χ1) is 33.0. The molecule has 6 nitrogen and oxygen atoms in total. The number of hydrogen-bond acceptors (Lipinski definition) is 6. The summed E-state index contributed by atoms with van der Waals surface area (Å²) in [5.41, 5.74) is 0. The van der Waals surface area contributed by atoms with Gasteiger partial charge in [0.2, 0.25) is 0 Å². The lowest BCUT2D eigenvalue weighted by Gasteiger charge is -2.18. The van der Waals surface area contributed by atoms with E-state index in [0.29, 0.717) is 19.3 Å². The Morgan fingerprint density at radius 3 is 0.791 bits per heavy atom. The van der Waals surface area contributed by atoms with Crippen LogP contribution < -0.4 is 0 Å². The van der Waals surface area contributed by atoms with Gasteiger partial charge in [-0.1, -0.05) is 296 Å². The third-order valence-corrected chi connectivity index (χ3v) is 13.8. The Labute approximate surface area is 418 Å². The fraction of sp³-hybridized carbons (Fsp3) is 0.918. The van der Waals surface area contributed by atoms with E-state index in [1.165, 1.54) is 238 Å². The molecule has 0 aliphatic rings. The molecular formula is C61H116O6. The zero-order chi connectivity index (χ0) is 48.6. The second-order valence-electron chi connectivity index (χ2n) is 20.6. The average molecular weight is 946 g/mol. The standard InChI is InChI=1S/C61H116O6/c1-4-7-10-13-16-19-22-24-26-28-29-30-31-33-34-36-39-42-45-48-51-54-60(63)66-57-58(56-65-59(62)53-50-47-44-41-38-21-18-15-12-9-6-3)67-61(64)55-52-49-46-43-40-37-35-32-27-25-23-20-17-14-11-8-5-2/h15,18,58H,4-14,16-17,19-57H2,1-3H3/b18-15-. The number of rotatable bonds is 56. The third kappa shape index (κ3) is 55.0. The van der Waals surface area contributed by atoms with E-state index in [-0.39, 0.29) is 31.1 Å². The Bertz CT molecular complexity index is 1040. The molecule has 6 heteroatoms. The third-order valence-electron chi connectivity index (χ3n) is 13.8. The van der Waals surface area contributed by atoms with Crippen LogP contribution in [-0.2, 0) is 28.6 Å². The molecule has 0 aromatic rings. The Morgan fingerprint density at radius 1 is 0.284 bits per heavy atom. The topological polar surface area (TPSA) is 78.9 Å². The molecule has 0 spiro atoms. The first-order valence-electron chi connectivity index (χ1n) is 30.2. The van der Waals surface area contributed by atoms with Crippen LogP contribution in [0.5, 0.6) is 0 Å². The highest BCUT2D eigenvalue weighted by Gasteiger charge is 2.19. The maximum Gasteiger partial charge on any atom is 0.306 e. The second kappa shape index (κ2) is 56.7. The van der Waals surface area contributed by atoms with Crippen LogP contribution in [0.2, 0.25) is 0 Å². The Hall–Kier alpha value is -1.85. The van der Waals surface area contributed by atoms with Crippen molar-refractivity contribution in [3.8, 4) is 0 Å². The summed E-state index contributed by atoms with van der Waals surface area (Å²) in [6.45, 7) is 6.66. The van der Waals surface area contributed by atoms with Gasteiger partial charge in [-0.3, -0.25) is 14.4 Å². The molecule has 0 aliphatic heterocycles. The maximum absolute atomic E-state index is 12.9. The summed E-state index contributed by atoms with van der Waals surface area (Å²) >= 11 is 0. The molecule has 0 saturated carbocycles. The van der Waals surface area contributed by atoms with Gasteiger partial charge in [0.15, 0.2) is 6.10 Å². The highest BCUT2D eigenvalue weighted by Crippen LogP contribution is 2.18. The summed E-state index contributed by atoms with van der Waals surface area (Å²) in [4.78, 5) is 38.1. The summed E-state index contributed by atoms with van der Waals surface area (Å²) in [5, 5.41) is 0. The molecule has 0 N–H and O–H groups in total. The molecule has 396 valence electrons. The second-order valence-corrected chi connectivity index (χ2v) is 20.6. The number of allylic oxidation sites excluding steroid dienone is 2. The summed E-state index contributed by atoms with van der Waals surface area (Å²) < 4.78 is 16.9. The van der Waals surface area contributed by atoms with Crippen LogP contribution in [-0.4, -0.2) is 37.2 Å². The molecule has 0 aromatic carbocycles. The molecule has 0 fully saturated rings. The van der Waals surface area contributed by atoms with Gasteiger partial charge in [0.1, 0.15) is 13.2 Å². The van der Waals surface area contributed by atoms with Crippen molar-refractivity contribution in [2.75, 3.05) is 13.2 Å². The van der Waals surface area contributed by atoms with Crippen LogP contribution in [0.25, 0.3) is 0 Å². The van der Waals surface area contributed by atoms with E-state index in [4.69, 9.17) is 14.2 Å². The Kier molecular flexibility index (Phi) is 55.2. The Morgan fingerprint density at radius 2 is 0.507 bits per heavy atom. The minimum atomic E-state index is -0.767. The van der Waals surface area contributed by atoms with Crippen molar-refractivity contribution in [3.63, 3.8) is 0 Å². The normalized spacial score (nSPS) is 12.0. The largest absolute Gasteiger partial charge is 0.462 e. The SMILES string of the molecule is CCCC/C=C\CCCCCCCC(=O)OCC(COC(=O)CCCCCCCCCCCCCCCCCCCCCCC)OC(=O)CCCCCCCCCCCCCCCCCCC. The van der Waals surface area contributed by atoms with Gasteiger partial charge in [-0.25, -0.2) is 0 Å². The van der Waals surface area contributed by atoms with Gasteiger partial charge >= 0.3 is 17.9 Å². The number of carbonyl (C=O) groups is 3. The van der Waals surface area contributed by atoms with Crippen LogP contribution in [0.4, 0.5) is 0 Å². The van der Waals surface area contributed by atoms with Gasteiger partial charge in [-0.2, -0.15) is 0 Å². The smallest absolute Gasteiger partial charge is 0.306 e. The van der Waals surface area contributed by atoms with Crippen molar-refractivity contribution in [2.45, 2.75) is 348 Å². The van der Waals surface area contributed by atoms with Crippen molar-refractivity contribution in [2.24, 2.45) is 0 Å². The molecule has 0 bridgehead atoms. The molecule has 0 saturated heterocycles. The van der Waals surface area contributed by atoms with E-state index in [2.05, 4.69) is 32.9 Å². The monoisotopic (exact) mass is 945 g/mol. The highest BCUT2D eigenvalue weighted by molar-refractivity contribution is 5.71. The van der Waals surface area contributed by atoms with E-state index >= 15 is 0 Å². The summed E-state index contributed by atoms with van der Waals surface area (Å²) in [5.74, 6) is -0.851. The molecule has 0 radical (unpaired) electrons. The van der Waals surface area contributed by atoms with Crippen LogP contribution in [0.3, 0.4) is 0 Å². The molecule has 1 unspecified atom stereocenters. The van der Waals surface area contributed by atoms with Crippen molar-refractivity contribution in [3.05, 3.63) is 12.2 Å². The first kappa shape index (κ1) is 65.1. The fourth-order valence-corrected chi connectivity index (χ4v) is 9.19. The molecule has 0 amide bonds.